The number of carbonyl (C=O) groups excluding carboxylic acids is 1. The Morgan fingerprint density at radius 3 is 2.72 bits per heavy atom. The second-order valence-corrected chi connectivity index (χ2v) is 5.96. The van der Waals surface area contributed by atoms with Gasteiger partial charge in [-0.3, -0.25) is 4.79 Å². The molecule has 0 unspecified atom stereocenters. The van der Waals surface area contributed by atoms with Crippen LogP contribution in [0.25, 0.3) is 10.9 Å². The maximum Gasteiger partial charge on any atom is 0.272 e. The summed E-state index contributed by atoms with van der Waals surface area (Å²) in [6.07, 6.45) is 0. The molecule has 2 N–H and O–H groups in total. The molecule has 128 valence electrons. The number of rotatable bonds is 3. The zero-order chi connectivity index (χ0) is 17.2. The molecule has 0 radical (unpaired) electrons. The van der Waals surface area contributed by atoms with Gasteiger partial charge in [0, 0.05) is 18.5 Å². The van der Waals surface area contributed by atoms with Gasteiger partial charge in [-0.25, -0.2) is 4.39 Å². The minimum atomic E-state index is -0.370. The van der Waals surface area contributed by atoms with Gasteiger partial charge in [0.2, 0.25) is 0 Å². The van der Waals surface area contributed by atoms with E-state index >= 15 is 0 Å². The molecule has 2 aromatic carbocycles. The molecule has 0 spiro atoms. The molecule has 0 aliphatic carbocycles. The third-order valence-corrected chi connectivity index (χ3v) is 4.35. The number of anilines is 2. The van der Waals surface area contributed by atoms with Crippen LogP contribution in [0.3, 0.4) is 0 Å². The van der Waals surface area contributed by atoms with Crippen molar-refractivity contribution < 1.29 is 13.9 Å². The lowest BCUT2D eigenvalue weighted by molar-refractivity contribution is 0.102. The second kappa shape index (κ2) is 6.57. The molecule has 1 saturated heterocycles. The van der Waals surface area contributed by atoms with Gasteiger partial charge < -0.3 is 19.9 Å². The lowest BCUT2D eigenvalue weighted by Crippen LogP contribution is -2.36. The molecule has 1 aliphatic rings. The predicted octanol–water partition coefficient (Wildman–Crippen LogP) is 3.40. The molecule has 25 heavy (non-hydrogen) atoms. The summed E-state index contributed by atoms with van der Waals surface area (Å²) in [4.78, 5) is 17.7. The smallest absolute Gasteiger partial charge is 0.272 e. The number of fused-ring (bicyclic) bond motifs is 1. The van der Waals surface area contributed by atoms with E-state index in [-0.39, 0.29) is 11.7 Å². The highest BCUT2D eigenvalue weighted by atomic mass is 19.1. The van der Waals surface area contributed by atoms with E-state index < -0.39 is 0 Å². The van der Waals surface area contributed by atoms with Crippen molar-refractivity contribution in [2.45, 2.75) is 0 Å². The lowest BCUT2D eigenvalue weighted by atomic mass is 10.2. The van der Waals surface area contributed by atoms with E-state index in [0.29, 0.717) is 29.8 Å². The molecular formula is C19H18FN3O2. The number of carbonyl (C=O) groups is 1. The van der Waals surface area contributed by atoms with Gasteiger partial charge in [-0.05, 0) is 24.3 Å². The molecule has 1 aromatic heterocycles. The van der Waals surface area contributed by atoms with Crippen molar-refractivity contribution in [2.75, 3.05) is 36.5 Å². The van der Waals surface area contributed by atoms with Crippen LogP contribution in [0, 0.1) is 5.82 Å². The molecule has 1 amide bonds. The summed E-state index contributed by atoms with van der Waals surface area (Å²) in [5.41, 5.74) is 2.36. The summed E-state index contributed by atoms with van der Waals surface area (Å²) >= 11 is 0. The number of ether oxygens (including phenoxy) is 1. The van der Waals surface area contributed by atoms with Gasteiger partial charge in [-0.2, -0.15) is 0 Å². The van der Waals surface area contributed by atoms with Gasteiger partial charge >= 0.3 is 0 Å². The van der Waals surface area contributed by atoms with Crippen LogP contribution in [-0.4, -0.2) is 37.2 Å². The zero-order valence-corrected chi connectivity index (χ0v) is 13.6. The van der Waals surface area contributed by atoms with Crippen LogP contribution >= 0.6 is 0 Å². The van der Waals surface area contributed by atoms with E-state index in [1.54, 1.807) is 18.2 Å². The number of aromatic nitrogens is 1. The van der Waals surface area contributed by atoms with Gasteiger partial charge in [0.15, 0.2) is 0 Å². The SMILES string of the molecule is O=C(Nc1ccccc1N1CCOCC1)c1cc2cccc(F)c2[nH]1. The number of para-hydroxylation sites is 3. The average Bonchev–Trinajstić information content (AvgIpc) is 3.09. The van der Waals surface area contributed by atoms with Crippen molar-refractivity contribution >= 4 is 28.2 Å². The van der Waals surface area contributed by atoms with Gasteiger partial charge in [-0.1, -0.05) is 24.3 Å². The minimum absolute atomic E-state index is 0.295. The lowest BCUT2D eigenvalue weighted by Gasteiger charge is -2.30. The Labute approximate surface area is 144 Å². The number of amides is 1. The Hall–Kier alpha value is -2.86. The van der Waals surface area contributed by atoms with Crippen LogP contribution in [0.4, 0.5) is 15.8 Å². The first kappa shape index (κ1) is 15.7. The summed E-state index contributed by atoms with van der Waals surface area (Å²) in [7, 11) is 0. The van der Waals surface area contributed by atoms with E-state index in [0.717, 1.165) is 24.5 Å². The fourth-order valence-electron chi connectivity index (χ4n) is 3.09. The molecule has 0 saturated carbocycles. The third kappa shape index (κ3) is 3.08. The maximum atomic E-state index is 13.8. The van der Waals surface area contributed by atoms with Crippen LogP contribution in [-0.2, 0) is 4.74 Å². The van der Waals surface area contributed by atoms with Crippen LogP contribution in [0.15, 0.2) is 48.5 Å². The Morgan fingerprint density at radius 1 is 1.12 bits per heavy atom. The fourth-order valence-corrected chi connectivity index (χ4v) is 3.09. The van der Waals surface area contributed by atoms with Crippen molar-refractivity contribution in [3.63, 3.8) is 0 Å². The van der Waals surface area contributed by atoms with Crippen molar-refractivity contribution in [1.29, 1.82) is 0 Å². The van der Waals surface area contributed by atoms with E-state index in [1.165, 1.54) is 6.07 Å². The first-order valence-electron chi connectivity index (χ1n) is 8.23. The molecule has 5 nitrogen and oxygen atoms in total. The summed E-state index contributed by atoms with van der Waals surface area (Å²) in [6, 6.07) is 14.1. The van der Waals surface area contributed by atoms with Gasteiger partial charge in [-0.15, -0.1) is 0 Å². The first-order valence-corrected chi connectivity index (χ1v) is 8.23. The largest absolute Gasteiger partial charge is 0.378 e. The number of benzene rings is 2. The number of aromatic amines is 1. The van der Waals surface area contributed by atoms with Gasteiger partial charge in [0.1, 0.15) is 11.5 Å². The maximum absolute atomic E-state index is 13.8. The summed E-state index contributed by atoms with van der Waals surface area (Å²) < 4.78 is 19.2. The molecule has 1 aliphatic heterocycles. The number of H-pyrrole nitrogens is 1. The minimum Gasteiger partial charge on any atom is -0.378 e. The first-order chi connectivity index (χ1) is 12.2. The van der Waals surface area contributed by atoms with Crippen molar-refractivity contribution in [3.8, 4) is 0 Å². The Morgan fingerprint density at radius 2 is 1.92 bits per heavy atom. The summed E-state index contributed by atoms with van der Waals surface area (Å²) in [5.74, 6) is -0.665. The monoisotopic (exact) mass is 339 g/mol. The summed E-state index contributed by atoms with van der Waals surface area (Å²) in [6.45, 7) is 2.90. The van der Waals surface area contributed by atoms with E-state index in [1.807, 2.05) is 24.3 Å². The Kier molecular flexibility index (Phi) is 4.11. The molecule has 4 rings (SSSR count). The number of nitrogens with zero attached hydrogens (tertiary/aromatic N) is 1. The molecule has 0 atom stereocenters. The molecule has 6 heteroatoms. The second-order valence-electron chi connectivity index (χ2n) is 5.96. The highest BCUT2D eigenvalue weighted by molar-refractivity contribution is 6.07. The quantitative estimate of drug-likeness (QED) is 0.769. The third-order valence-electron chi connectivity index (χ3n) is 4.35. The van der Waals surface area contributed by atoms with Gasteiger partial charge in [0.05, 0.1) is 30.1 Å². The normalized spacial score (nSPS) is 14.7. The molecule has 3 aromatic rings. The average molecular weight is 339 g/mol. The standard InChI is InChI=1S/C19H18FN3O2/c20-14-5-3-4-13-12-16(21-18(13)14)19(24)22-15-6-1-2-7-17(15)23-8-10-25-11-9-23/h1-7,12,21H,8-11H2,(H,22,24). The number of hydrogen-bond donors (Lipinski definition) is 2. The number of nitrogens with one attached hydrogen (secondary N) is 2. The van der Waals surface area contributed by atoms with Crippen molar-refractivity contribution in [2.24, 2.45) is 0 Å². The number of hydrogen-bond acceptors (Lipinski definition) is 3. The molecule has 1 fully saturated rings. The van der Waals surface area contributed by atoms with Crippen molar-refractivity contribution in [3.05, 3.63) is 60.0 Å². The topological polar surface area (TPSA) is 57.4 Å². The van der Waals surface area contributed by atoms with Crippen LogP contribution in [0.1, 0.15) is 10.5 Å². The highest BCUT2D eigenvalue weighted by Gasteiger charge is 2.17. The predicted molar refractivity (Wildman–Crippen MR) is 95.7 cm³/mol. The van der Waals surface area contributed by atoms with E-state index in [4.69, 9.17) is 4.74 Å². The Balaban J connectivity index is 1.61. The number of halogens is 1. The molecule has 2 heterocycles. The zero-order valence-electron chi connectivity index (χ0n) is 13.6. The Bertz CT molecular complexity index is 916. The van der Waals surface area contributed by atoms with Crippen LogP contribution in [0.5, 0.6) is 0 Å². The van der Waals surface area contributed by atoms with Gasteiger partial charge in [0.25, 0.3) is 5.91 Å². The fraction of sp³-hybridized carbons (Fsp3) is 0.211. The number of morpholine rings is 1. The van der Waals surface area contributed by atoms with Crippen molar-refractivity contribution in [1.82, 2.24) is 4.98 Å². The van der Waals surface area contributed by atoms with Crippen LogP contribution in [0.2, 0.25) is 0 Å². The highest BCUT2D eigenvalue weighted by Crippen LogP contribution is 2.27. The van der Waals surface area contributed by atoms with E-state index in [9.17, 15) is 9.18 Å². The molecule has 0 bridgehead atoms. The summed E-state index contributed by atoms with van der Waals surface area (Å²) in [5, 5.41) is 3.60. The molecular weight excluding hydrogens is 321 g/mol. The van der Waals surface area contributed by atoms with Crippen LogP contribution < -0.4 is 10.2 Å². The van der Waals surface area contributed by atoms with E-state index in [2.05, 4.69) is 15.2 Å².